The smallest absolute Gasteiger partial charge is 0.407 e. The highest BCUT2D eigenvalue weighted by molar-refractivity contribution is 5.96. The molecule has 0 bridgehead atoms. The van der Waals surface area contributed by atoms with Crippen LogP contribution < -0.4 is 16.0 Å². The maximum atomic E-state index is 11.9. The summed E-state index contributed by atoms with van der Waals surface area (Å²) in [4.78, 5) is 35.2. The zero-order valence-corrected chi connectivity index (χ0v) is 14.4. The monoisotopic (exact) mass is 347 g/mol. The molecule has 1 aliphatic heterocycles. The minimum atomic E-state index is -0.486. The summed E-state index contributed by atoms with van der Waals surface area (Å²) in [6.45, 7) is 2.56. The lowest BCUT2D eigenvalue weighted by atomic mass is 10.0. The number of carbonyl (C=O) groups excluding carboxylic acids is 3. The van der Waals surface area contributed by atoms with Crippen molar-refractivity contribution in [1.29, 1.82) is 0 Å². The molecule has 1 heterocycles. The van der Waals surface area contributed by atoms with Crippen molar-refractivity contribution in [2.75, 3.05) is 6.54 Å². The van der Waals surface area contributed by atoms with E-state index in [0.717, 1.165) is 5.56 Å². The minimum absolute atomic E-state index is 0.130. The van der Waals surface area contributed by atoms with Crippen LogP contribution in [0.5, 0.6) is 0 Å². The molecule has 7 heteroatoms. The summed E-state index contributed by atoms with van der Waals surface area (Å²) in [7, 11) is 0. The zero-order chi connectivity index (χ0) is 18.1. The molecule has 2 rings (SSSR count). The maximum Gasteiger partial charge on any atom is 0.407 e. The van der Waals surface area contributed by atoms with Crippen LogP contribution in [0.2, 0.25) is 0 Å². The van der Waals surface area contributed by atoms with Crippen LogP contribution in [-0.2, 0) is 20.9 Å². The summed E-state index contributed by atoms with van der Waals surface area (Å²) < 4.78 is 5.11. The Morgan fingerprint density at radius 1 is 1.08 bits per heavy atom. The van der Waals surface area contributed by atoms with Gasteiger partial charge in [-0.25, -0.2) is 4.79 Å². The van der Waals surface area contributed by atoms with Gasteiger partial charge in [-0.05, 0) is 31.2 Å². The van der Waals surface area contributed by atoms with Crippen molar-refractivity contribution in [3.05, 3.63) is 35.9 Å². The first kappa shape index (κ1) is 18.8. The predicted molar refractivity (Wildman–Crippen MR) is 92.6 cm³/mol. The zero-order valence-electron chi connectivity index (χ0n) is 14.4. The van der Waals surface area contributed by atoms with E-state index in [2.05, 4.69) is 16.0 Å². The molecule has 1 aromatic carbocycles. The quantitative estimate of drug-likeness (QED) is 0.621. The Bertz CT molecular complexity index is 591. The highest BCUT2D eigenvalue weighted by Gasteiger charge is 2.31. The molecule has 136 valence electrons. The molecule has 7 nitrogen and oxygen atoms in total. The van der Waals surface area contributed by atoms with Crippen molar-refractivity contribution in [2.24, 2.45) is 0 Å². The number of rotatable bonds is 8. The Balaban J connectivity index is 1.56. The molecule has 1 aliphatic rings. The molecule has 3 amide bonds. The third-order valence-corrected chi connectivity index (χ3v) is 4.08. The van der Waals surface area contributed by atoms with Gasteiger partial charge in [-0.1, -0.05) is 37.3 Å². The molecule has 2 atom stereocenters. The van der Waals surface area contributed by atoms with Gasteiger partial charge < -0.3 is 20.7 Å². The van der Waals surface area contributed by atoms with Crippen LogP contribution in [-0.4, -0.2) is 36.5 Å². The topological polar surface area (TPSA) is 96.5 Å². The Hall–Kier alpha value is -2.57. The first-order valence-corrected chi connectivity index (χ1v) is 8.65. The van der Waals surface area contributed by atoms with Crippen LogP contribution in [0.25, 0.3) is 0 Å². The number of alkyl carbamates (subject to hydrolysis) is 1. The molecular weight excluding hydrogens is 322 g/mol. The number of amides is 3. The molecule has 25 heavy (non-hydrogen) atoms. The van der Waals surface area contributed by atoms with Crippen LogP contribution in [0, 0.1) is 0 Å². The SMILES string of the molecule is CC[C@@H]1NC(=O)[C@H](CCCCNC(=O)OCc2ccccc2)NC1=O. The largest absolute Gasteiger partial charge is 0.445 e. The number of piperazine rings is 1. The van der Waals surface area contributed by atoms with Crippen LogP contribution in [0.3, 0.4) is 0 Å². The maximum absolute atomic E-state index is 11.9. The Kier molecular flexibility index (Phi) is 7.25. The fourth-order valence-corrected chi connectivity index (χ4v) is 2.60. The summed E-state index contributed by atoms with van der Waals surface area (Å²) >= 11 is 0. The van der Waals surface area contributed by atoms with E-state index in [1.165, 1.54) is 0 Å². The second-order valence-corrected chi connectivity index (χ2v) is 6.01. The second-order valence-electron chi connectivity index (χ2n) is 6.01. The molecule has 0 radical (unpaired) electrons. The van der Waals surface area contributed by atoms with Crippen molar-refractivity contribution >= 4 is 17.9 Å². The van der Waals surface area contributed by atoms with Gasteiger partial charge in [0.25, 0.3) is 0 Å². The van der Waals surface area contributed by atoms with Gasteiger partial charge in [0.15, 0.2) is 0 Å². The summed E-state index contributed by atoms with van der Waals surface area (Å²) in [5.41, 5.74) is 0.932. The van der Waals surface area contributed by atoms with E-state index in [1.54, 1.807) is 0 Å². The van der Waals surface area contributed by atoms with Crippen molar-refractivity contribution in [1.82, 2.24) is 16.0 Å². The van der Waals surface area contributed by atoms with Crippen LogP contribution in [0.4, 0.5) is 4.79 Å². The lowest BCUT2D eigenvalue weighted by Gasteiger charge is -2.28. The molecule has 0 aromatic heterocycles. The number of nitrogens with one attached hydrogen (secondary N) is 3. The fraction of sp³-hybridized carbons (Fsp3) is 0.500. The first-order valence-electron chi connectivity index (χ1n) is 8.65. The van der Waals surface area contributed by atoms with E-state index >= 15 is 0 Å². The van der Waals surface area contributed by atoms with Gasteiger partial charge in [-0.2, -0.15) is 0 Å². The number of ether oxygens (including phenoxy) is 1. The Morgan fingerprint density at radius 2 is 1.76 bits per heavy atom. The molecule has 0 spiro atoms. The van der Waals surface area contributed by atoms with Gasteiger partial charge in [0.2, 0.25) is 11.8 Å². The van der Waals surface area contributed by atoms with Crippen molar-refractivity contribution in [3.8, 4) is 0 Å². The molecule has 0 aliphatic carbocycles. The first-order chi connectivity index (χ1) is 12.1. The summed E-state index contributed by atoms with van der Waals surface area (Å²) in [5.74, 6) is -0.267. The van der Waals surface area contributed by atoms with Gasteiger partial charge in [0.05, 0.1) is 0 Å². The van der Waals surface area contributed by atoms with Gasteiger partial charge in [-0.3, -0.25) is 9.59 Å². The van der Waals surface area contributed by atoms with E-state index in [1.807, 2.05) is 37.3 Å². The molecule has 0 unspecified atom stereocenters. The van der Waals surface area contributed by atoms with E-state index < -0.39 is 18.2 Å². The molecule has 3 N–H and O–H groups in total. The van der Waals surface area contributed by atoms with E-state index in [0.29, 0.717) is 32.2 Å². The summed E-state index contributed by atoms with van der Waals surface area (Å²) in [6, 6.07) is 8.55. The third kappa shape index (κ3) is 6.10. The van der Waals surface area contributed by atoms with Gasteiger partial charge in [0.1, 0.15) is 18.7 Å². The second kappa shape index (κ2) is 9.66. The predicted octanol–water partition coefficient (Wildman–Crippen LogP) is 1.48. The number of hydrogen-bond acceptors (Lipinski definition) is 4. The highest BCUT2D eigenvalue weighted by atomic mass is 16.5. The summed E-state index contributed by atoms with van der Waals surface area (Å²) in [5, 5.41) is 8.14. The minimum Gasteiger partial charge on any atom is -0.445 e. The van der Waals surface area contributed by atoms with Crippen LogP contribution in [0.1, 0.15) is 38.2 Å². The lowest BCUT2D eigenvalue weighted by molar-refractivity contribution is -0.137. The van der Waals surface area contributed by atoms with Gasteiger partial charge >= 0.3 is 6.09 Å². The highest BCUT2D eigenvalue weighted by Crippen LogP contribution is 2.07. The molecule has 1 saturated heterocycles. The number of benzene rings is 1. The normalized spacial score (nSPS) is 19.7. The number of carbonyl (C=O) groups is 3. The van der Waals surface area contributed by atoms with Crippen molar-refractivity contribution < 1.29 is 19.1 Å². The van der Waals surface area contributed by atoms with Crippen LogP contribution >= 0.6 is 0 Å². The summed E-state index contributed by atoms with van der Waals surface area (Å²) in [6.07, 6.45) is 2.10. The van der Waals surface area contributed by atoms with Crippen molar-refractivity contribution in [3.63, 3.8) is 0 Å². The van der Waals surface area contributed by atoms with Gasteiger partial charge in [0, 0.05) is 6.54 Å². The Morgan fingerprint density at radius 3 is 2.48 bits per heavy atom. The molecule has 1 fully saturated rings. The number of unbranched alkanes of at least 4 members (excludes halogenated alkanes) is 1. The van der Waals surface area contributed by atoms with E-state index in [-0.39, 0.29) is 18.4 Å². The van der Waals surface area contributed by atoms with Crippen LogP contribution in [0.15, 0.2) is 30.3 Å². The average Bonchev–Trinajstić information content (AvgIpc) is 2.63. The molecular formula is C18H25N3O4. The number of hydrogen-bond donors (Lipinski definition) is 3. The molecule has 0 saturated carbocycles. The molecule has 1 aromatic rings. The van der Waals surface area contributed by atoms with E-state index in [4.69, 9.17) is 4.74 Å². The van der Waals surface area contributed by atoms with E-state index in [9.17, 15) is 14.4 Å². The Labute approximate surface area is 147 Å². The third-order valence-electron chi connectivity index (χ3n) is 4.08. The fourth-order valence-electron chi connectivity index (χ4n) is 2.60. The van der Waals surface area contributed by atoms with Gasteiger partial charge in [-0.15, -0.1) is 0 Å². The van der Waals surface area contributed by atoms with Crippen molar-refractivity contribution in [2.45, 2.75) is 51.3 Å². The average molecular weight is 347 g/mol. The standard InChI is InChI=1S/C18H25N3O4/c1-2-14-16(22)21-15(17(23)20-14)10-6-7-11-19-18(24)25-12-13-8-4-3-5-9-13/h3-5,8-9,14-15H,2,6-7,10-12H2,1H3,(H,19,24)(H,20,23)(H,21,22)/t14-,15-/m0/s1. The lowest BCUT2D eigenvalue weighted by Crippen LogP contribution is -2.61.